The first-order valence-corrected chi connectivity index (χ1v) is 6.30. The van der Waals surface area contributed by atoms with E-state index in [0.29, 0.717) is 0 Å². The van der Waals surface area contributed by atoms with E-state index >= 15 is 0 Å². The summed E-state index contributed by atoms with van der Waals surface area (Å²) in [5.41, 5.74) is 2.07. The number of ether oxygens (including phenoxy) is 1. The van der Waals surface area contributed by atoms with Gasteiger partial charge in [-0.2, -0.15) is 0 Å². The smallest absolute Gasteiger partial charge is 0.120 e. The fourth-order valence-corrected chi connectivity index (χ4v) is 2.19. The maximum atomic E-state index is 10.3. The zero-order chi connectivity index (χ0) is 12.3. The average Bonchev–Trinajstić information content (AvgIpc) is 2.81. The molecule has 0 radical (unpaired) electrons. The van der Waals surface area contributed by atoms with Crippen LogP contribution in [0, 0.1) is 0 Å². The standard InChI is InChI=1S/C15H20O2/c1-11(2)17-14-9-5-8-13(10-14)15(16)12-6-3-4-7-12/h5-6,8-11,15-16H,3-4,7H2,1-2H3. The third-order valence-corrected chi connectivity index (χ3v) is 2.97. The fraction of sp³-hybridized carbons (Fsp3) is 0.467. The van der Waals surface area contributed by atoms with Crippen molar-refractivity contribution in [3.8, 4) is 5.75 Å². The Hall–Kier alpha value is -1.28. The molecule has 0 heterocycles. The Kier molecular flexibility index (Phi) is 3.85. The molecule has 1 aliphatic carbocycles. The Balaban J connectivity index is 2.14. The van der Waals surface area contributed by atoms with Crippen LogP contribution in [0.5, 0.6) is 5.75 Å². The molecule has 2 rings (SSSR count). The number of allylic oxidation sites excluding steroid dienone is 1. The van der Waals surface area contributed by atoms with Crippen LogP contribution in [-0.4, -0.2) is 11.2 Å². The second kappa shape index (κ2) is 5.37. The lowest BCUT2D eigenvalue weighted by Crippen LogP contribution is -2.06. The molecule has 0 spiro atoms. The normalized spacial score (nSPS) is 17.1. The molecular weight excluding hydrogens is 212 g/mol. The summed E-state index contributed by atoms with van der Waals surface area (Å²) in [5, 5.41) is 10.3. The lowest BCUT2D eigenvalue weighted by atomic mass is 10.0. The molecule has 0 aliphatic heterocycles. The quantitative estimate of drug-likeness (QED) is 0.803. The summed E-state index contributed by atoms with van der Waals surface area (Å²) >= 11 is 0. The van der Waals surface area contributed by atoms with Gasteiger partial charge in [-0.15, -0.1) is 0 Å². The van der Waals surface area contributed by atoms with Gasteiger partial charge in [0, 0.05) is 0 Å². The molecule has 1 aliphatic rings. The first-order chi connectivity index (χ1) is 8.16. The predicted molar refractivity (Wildman–Crippen MR) is 69.1 cm³/mol. The van der Waals surface area contributed by atoms with Gasteiger partial charge in [-0.25, -0.2) is 0 Å². The van der Waals surface area contributed by atoms with E-state index in [4.69, 9.17) is 4.74 Å². The molecule has 17 heavy (non-hydrogen) atoms. The number of hydrogen-bond acceptors (Lipinski definition) is 2. The second-order valence-electron chi connectivity index (χ2n) is 4.81. The first kappa shape index (κ1) is 12.2. The first-order valence-electron chi connectivity index (χ1n) is 6.30. The van der Waals surface area contributed by atoms with Crippen LogP contribution >= 0.6 is 0 Å². The molecule has 1 aromatic carbocycles. The Morgan fingerprint density at radius 1 is 1.29 bits per heavy atom. The van der Waals surface area contributed by atoms with Gasteiger partial charge in [0.1, 0.15) is 11.9 Å². The van der Waals surface area contributed by atoms with Gasteiger partial charge in [-0.05, 0) is 56.4 Å². The maximum absolute atomic E-state index is 10.3. The van der Waals surface area contributed by atoms with E-state index < -0.39 is 6.10 Å². The highest BCUT2D eigenvalue weighted by Crippen LogP contribution is 2.31. The zero-order valence-corrected chi connectivity index (χ0v) is 10.5. The number of aliphatic hydroxyl groups excluding tert-OH is 1. The van der Waals surface area contributed by atoms with Gasteiger partial charge in [0.05, 0.1) is 6.10 Å². The Morgan fingerprint density at radius 3 is 2.76 bits per heavy atom. The average molecular weight is 232 g/mol. The highest BCUT2D eigenvalue weighted by atomic mass is 16.5. The van der Waals surface area contributed by atoms with E-state index in [1.54, 1.807) is 0 Å². The fourth-order valence-electron chi connectivity index (χ4n) is 2.19. The molecule has 0 saturated heterocycles. The number of hydrogen-bond donors (Lipinski definition) is 1. The Bertz CT molecular complexity index is 407. The second-order valence-corrected chi connectivity index (χ2v) is 4.81. The van der Waals surface area contributed by atoms with E-state index in [9.17, 15) is 5.11 Å². The summed E-state index contributed by atoms with van der Waals surface area (Å²) in [6.45, 7) is 4.01. The van der Waals surface area contributed by atoms with Gasteiger partial charge in [-0.1, -0.05) is 18.2 Å². The van der Waals surface area contributed by atoms with Crippen molar-refractivity contribution < 1.29 is 9.84 Å². The van der Waals surface area contributed by atoms with Crippen LogP contribution in [0.1, 0.15) is 44.8 Å². The van der Waals surface area contributed by atoms with Crippen LogP contribution < -0.4 is 4.74 Å². The van der Waals surface area contributed by atoms with Gasteiger partial charge in [0.2, 0.25) is 0 Å². The van der Waals surface area contributed by atoms with Crippen LogP contribution in [0.3, 0.4) is 0 Å². The largest absolute Gasteiger partial charge is 0.491 e. The minimum Gasteiger partial charge on any atom is -0.491 e. The van der Waals surface area contributed by atoms with Crippen LogP contribution in [0.25, 0.3) is 0 Å². The lowest BCUT2D eigenvalue weighted by Gasteiger charge is -2.15. The number of aliphatic hydroxyl groups is 1. The van der Waals surface area contributed by atoms with Gasteiger partial charge in [-0.3, -0.25) is 0 Å². The van der Waals surface area contributed by atoms with E-state index in [2.05, 4.69) is 6.08 Å². The summed E-state index contributed by atoms with van der Waals surface area (Å²) in [6.07, 6.45) is 5.11. The Morgan fingerprint density at radius 2 is 2.12 bits per heavy atom. The number of rotatable bonds is 4. The van der Waals surface area contributed by atoms with Crippen molar-refractivity contribution in [3.63, 3.8) is 0 Å². The minimum absolute atomic E-state index is 0.160. The molecule has 1 unspecified atom stereocenters. The van der Waals surface area contributed by atoms with Crippen LogP contribution in [0.2, 0.25) is 0 Å². The molecule has 0 amide bonds. The van der Waals surface area contributed by atoms with E-state index in [1.165, 1.54) is 0 Å². The SMILES string of the molecule is CC(C)Oc1cccc(C(O)C2=CCCC2)c1. The van der Waals surface area contributed by atoms with Crippen molar-refractivity contribution in [2.75, 3.05) is 0 Å². The van der Waals surface area contributed by atoms with Gasteiger partial charge in [0.15, 0.2) is 0 Å². The predicted octanol–water partition coefficient (Wildman–Crippen LogP) is 3.62. The van der Waals surface area contributed by atoms with Crippen molar-refractivity contribution in [3.05, 3.63) is 41.5 Å². The highest BCUT2D eigenvalue weighted by Gasteiger charge is 2.16. The molecule has 1 aromatic rings. The molecule has 1 N–H and O–H groups in total. The zero-order valence-electron chi connectivity index (χ0n) is 10.5. The monoisotopic (exact) mass is 232 g/mol. The minimum atomic E-state index is -0.465. The van der Waals surface area contributed by atoms with Crippen molar-refractivity contribution in [2.24, 2.45) is 0 Å². The molecule has 92 valence electrons. The van der Waals surface area contributed by atoms with Crippen molar-refractivity contribution in [1.82, 2.24) is 0 Å². The van der Waals surface area contributed by atoms with Crippen molar-refractivity contribution in [1.29, 1.82) is 0 Å². The van der Waals surface area contributed by atoms with Crippen molar-refractivity contribution in [2.45, 2.75) is 45.3 Å². The summed E-state index contributed by atoms with van der Waals surface area (Å²) in [4.78, 5) is 0. The van der Waals surface area contributed by atoms with Gasteiger partial charge in [0.25, 0.3) is 0 Å². The summed E-state index contributed by atoms with van der Waals surface area (Å²) in [7, 11) is 0. The Labute approximate surface area is 103 Å². The van der Waals surface area contributed by atoms with Crippen LogP contribution in [0.4, 0.5) is 0 Å². The summed E-state index contributed by atoms with van der Waals surface area (Å²) in [6, 6.07) is 7.76. The van der Waals surface area contributed by atoms with Gasteiger partial charge < -0.3 is 9.84 Å². The van der Waals surface area contributed by atoms with E-state index in [0.717, 1.165) is 36.1 Å². The van der Waals surface area contributed by atoms with Crippen molar-refractivity contribution >= 4 is 0 Å². The van der Waals surface area contributed by atoms with E-state index in [-0.39, 0.29) is 6.10 Å². The molecule has 2 heteroatoms. The van der Waals surface area contributed by atoms with Crippen LogP contribution in [0.15, 0.2) is 35.9 Å². The van der Waals surface area contributed by atoms with Gasteiger partial charge >= 0.3 is 0 Å². The van der Waals surface area contributed by atoms with E-state index in [1.807, 2.05) is 38.1 Å². The lowest BCUT2D eigenvalue weighted by molar-refractivity contribution is 0.209. The third-order valence-electron chi connectivity index (χ3n) is 2.97. The topological polar surface area (TPSA) is 29.5 Å². The number of benzene rings is 1. The third kappa shape index (κ3) is 3.10. The molecule has 0 bridgehead atoms. The molecule has 0 aromatic heterocycles. The molecule has 0 saturated carbocycles. The molecule has 0 fully saturated rings. The maximum Gasteiger partial charge on any atom is 0.120 e. The molecule has 1 atom stereocenters. The van der Waals surface area contributed by atoms with Crippen LogP contribution in [-0.2, 0) is 0 Å². The summed E-state index contributed by atoms with van der Waals surface area (Å²) < 4.78 is 5.64. The molecular formula is C15H20O2. The molecule has 2 nitrogen and oxygen atoms in total. The highest BCUT2D eigenvalue weighted by molar-refractivity contribution is 5.34. The summed E-state index contributed by atoms with van der Waals surface area (Å²) in [5.74, 6) is 0.829.